The van der Waals surface area contributed by atoms with E-state index in [0.717, 1.165) is 28.5 Å². The monoisotopic (exact) mass is 303 g/mol. The van der Waals surface area contributed by atoms with Gasteiger partial charge in [-0.1, -0.05) is 19.1 Å². The van der Waals surface area contributed by atoms with E-state index < -0.39 is 0 Å². The van der Waals surface area contributed by atoms with Crippen LogP contribution >= 0.6 is 11.8 Å². The van der Waals surface area contributed by atoms with Gasteiger partial charge >= 0.3 is 0 Å². The standard InChI is InChI=1S/C17H21NO2S/c1-4-21-17-8-6-5-7-15(17)18-12-13-11-14(19-2)9-10-16(13)20-3/h5-11,18H,4,12H2,1-3H3. The lowest BCUT2D eigenvalue weighted by atomic mass is 10.2. The fourth-order valence-electron chi connectivity index (χ4n) is 2.10. The summed E-state index contributed by atoms with van der Waals surface area (Å²) in [6.45, 7) is 2.86. The first-order valence-electron chi connectivity index (χ1n) is 6.95. The van der Waals surface area contributed by atoms with Crippen LogP contribution < -0.4 is 14.8 Å². The number of benzene rings is 2. The maximum atomic E-state index is 5.41. The molecule has 112 valence electrons. The Morgan fingerprint density at radius 2 is 1.86 bits per heavy atom. The van der Waals surface area contributed by atoms with Crippen molar-refractivity contribution < 1.29 is 9.47 Å². The molecule has 0 aliphatic carbocycles. The summed E-state index contributed by atoms with van der Waals surface area (Å²) in [6.07, 6.45) is 0. The van der Waals surface area contributed by atoms with E-state index in [9.17, 15) is 0 Å². The molecule has 0 spiro atoms. The highest BCUT2D eigenvalue weighted by molar-refractivity contribution is 7.99. The second-order valence-electron chi connectivity index (χ2n) is 4.46. The molecule has 2 rings (SSSR count). The highest BCUT2D eigenvalue weighted by Gasteiger charge is 2.06. The molecule has 0 aliphatic heterocycles. The molecule has 0 unspecified atom stereocenters. The third kappa shape index (κ3) is 4.08. The molecular weight excluding hydrogens is 282 g/mol. The smallest absolute Gasteiger partial charge is 0.124 e. The average molecular weight is 303 g/mol. The van der Waals surface area contributed by atoms with Crippen molar-refractivity contribution in [3.8, 4) is 11.5 Å². The minimum atomic E-state index is 0.696. The van der Waals surface area contributed by atoms with Crippen molar-refractivity contribution in [2.24, 2.45) is 0 Å². The Labute approximate surface area is 130 Å². The van der Waals surface area contributed by atoms with Gasteiger partial charge in [-0.15, -0.1) is 11.8 Å². The normalized spacial score (nSPS) is 10.2. The van der Waals surface area contributed by atoms with Crippen LogP contribution in [0.5, 0.6) is 11.5 Å². The molecule has 0 aliphatic rings. The van der Waals surface area contributed by atoms with Crippen molar-refractivity contribution in [1.82, 2.24) is 0 Å². The molecule has 0 fully saturated rings. The van der Waals surface area contributed by atoms with Crippen LogP contribution in [0, 0.1) is 0 Å². The zero-order valence-electron chi connectivity index (χ0n) is 12.7. The van der Waals surface area contributed by atoms with E-state index >= 15 is 0 Å². The van der Waals surface area contributed by atoms with E-state index in [4.69, 9.17) is 9.47 Å². The topological polar surface area (TPSA) is 30.5 Å². The molecule has 2 aromatic rings. The lowest BCUT2D eigenvalue weighted by Gasteiger charge is -2.14. The first-order chi connectivity index (χ1) is 10.3. The summed E-state index contributed by atoms with van der Waals surface area (Å²) < 4.78 is 10.7. The quantitative estimate of drug-likeness (QED) is 0.767. The van der Waals surface area contributed by atoms with Crippen molar-refractivity contribution >= 4 is 17.4 Å². The predicted octanol–water partition coefficient (Wildman–Crippen LogP) is 4.43. The number of para-hydroxylation sites is 1. The third-order valence-corrected chi connectivity index (χ3v) is 4.10. The summed E-state index contributed by atoms with van der Waals surface area (Å²) in [7, 11) is 3.36. The second kappa shape index (κ2) is 7.84. The summed E-state index contributed by atoms with van der Waals surface area (Å²) in [6, 6.07) is 14.2. The lowest BCUT2D eigenvalue weighted by molar-refractivity contribution is 0.399. The van der Waals surface area contributed by atoms with E-state index in [1.165, 1.54) is 4.90 Å². The number of rotatable bonds is 7. The van der Waals surface area contributed by atoms with Gasteiger partial charge in [0.2, 0.25) is 0 Å². The molecule has 0 amide bonds. The zero-order chi connectivity index (χ0) is 15.1. The Balaban J connectivity index is 2.16. The summed E-state index contributed by atoms with van der Waals surface area (Å²) in [5.41, 5.74) is 2.22. The van der Waals surface area contributed by atoms with Gasteiger partial charge in [-0.2, -0.15) is 0 Å². The van der Waals surface area contributed by atoms with E-state index in [1.54, 1.807) is 14.2 Å². The Bertz CT molecular complexity index is 587. The van der Waals surface area contributed by atoms with Crippen LogP contribution in [0.2, 0.25) is 0 Å². The summed E-state index contributed by atoms with van der Waals surface area (Å²) >= 11 is 1.84. The minimum absolute atomic E-state index is 0.696. The van der Waals surface area contributed by atoms with Crippen molar-refractivity contribution in [1.29, 1.82) is 0 Å². The molecule has 0 heterocycles. The molecular formula is C17H21NO2S. The number of nitrogens with one attached hydrogen (secondary N) is 1. The molecule has 2 aromatic carbocycles. The van der Waals surface area contributed by atoms with Crippen molar-refractivity contribution in [3.63, 3.8) is 0 Å². The van der Waals surface area contributed by atoms with Crippen LogP contribution in [0.4, 0.5) is 5.69 Å². The highest BCUT2D eigenvalue weighted by Crippen LogP contribution is 2.29. The molecule has 3 nitrogen and oxygen atoms in total. The van der Waals surface area contributed by atoms with Crippen LogP contribution in [0.25, 0.3) is 0 Å². The molecule has 0 bridgehead atoms. The van der Waals surface area contributed by atoms with Crippen LogP contribution in [-0.2, 0) is 6.54 Å². The van der Waals surface area contributed by atoms with Gasteiger partial charge < -0.3 is 14.8 Å². The number of anilines is 1. The Morgan fingerprint density at radius 3 is 2.57 bits per heavy atom. The molecule has 0 radical (unpaired) electrons. The van der Waals surface area contributed by atoms with Gasteiger partial charge in [-0.05, 0) is 36.1 Å². The van der Waals surface area contributed by atoms with E-state index in [0.29, 0.717) is 6.54 Å². The number of ether oxygens (including phenoxy) is 2. The van der Waals surface area contributed by atoms with Gasteiger partial charge in [0.1, 0.15) is 11.5 Å². The van der Waals surface area contributed by atoms with Gasteiger partial charge in [0.25, 0.3) is 0 Å². The number of hydrogen-bond donors (Lipinski definition) is 1. The molecule has 4 heteroatoms. The predicted molar refractivity (Wildman–Crippen MR) is 89.7 cm³/mol. The molecule has 0 aromatic heterocycles. The minimum Gasteiger partial charge on any atom is -0.497 e. The summed E-state index contributed by atoms with van der Waals surface area (Å²) in [5.74, 6) is 2.76. The highest BCUT2D eigenvalue weighted by atomic mass is 32.2. The Kier molecular flexibility index (Phi) is 5.81. The molecule has 0 saturated carbocycles. The van der Waals surface area contributed by atoms with Gasteiger partial charge in [0.15, 0.2) is 0 Å². The number of methoxy groups -OCH3 is 2. The fraction of sp³-hybridized carbons (Fsp3) is 0.294. The Morgan fingerprint density at radius 1 is 1.05 bits per heavy atom. The van der Waals surface area contributed by atoms with Gasteiger partial charge in [0.05, 0.1) is 14.2 Å². The van der Waals surface area contributed by atoms with Crippen molar-refractivity contribution in [2.75, 3.05) is 25.3 Å². The summed E-state index contributed by atoms with van der Waals surface area (Å²) in [5, 5.41) is 3.48. The number of thioether (sulfide) groups is 1. The molecule has 21 heavy (non-hydrogen) atoms. The molecule has 0 saturated heterocycles. The SMILES string of the molecule is CCSc1ccccc1NCc1cc(OC)ccc1OC. The number of hydrogen-bond acceptors (Lipinski definition) is 4. The van der Waals surface area contributed by atoms with Crippen LogP contribution in [-0.4, -0.2) is 20.0 Å². The maximum absolute atomic E-state index is 5.41. The van der Waals surface area contributed by atoms with E-state index in [-0.39, 0.29) is 0 Å². The third-order valence-electron chi connectivity index (χ3n) is 3.14. The van der Waals surface area contributed by atoms with Crippen molar-refractivity contribution in [3.05, 3.63) is 48.0 Å². The van der Waals surface area contributed by atoms with Crippen LogP contribution in [0.3, 0.4) is 0 Å². The summed E-state index contributed by atoms with van der Waals surface area (Å²) in [4.78, 5) is 1.27. The van der Waals surface area contributed by atoms with Crippen LogP contribution in [0.15, 0.2) is 47.4 Å². The Hall–Kier alpha value is -1.81. The second-order valence-corrected chi connectivity index (χ2v) is 5.77. The largest absolute Gasteiger partial charge is 0.497 e. The van der Waals surface area contributed by atoms with Gasteiger partial charge in [0, 0.05) is 22.7 Å². The fourth-order valence-corrected chi connectivity index (χ4v) is 2.89. The van der Waals surface area contributed by atoms with Gasteiger partial charge in [-0.25, -0.2) is 0 Å². The van der Waals surface area contributed by atoms with Gasteiger partial charge in [-0.3, -0.25) is 0 Å². The lowest BCUT2D eigenvalue weighted by Crippen LogP contribution is -2.03. The zero-order valence-corrected chi connectivity index (χ0v) is 13.5. The van der Waals surface area contributed by atoms with Crippen LogP contribution in [0.1, 0.15) is 12.5 Å². The first kappa shape index (κ1) is 15.6. The first-order valence-corrected chi connectivity index (χ1v) is 7.93. The maximum Gasteiger partial charge on any atom is 0.124 e. The average Bonchev–Trinajstić information content (AvgIpc) is 2.54. The van der Waals surface area contributed by atoms with E-state index in [2.05, 4.69) is 30.4 Å². The molecule has 1 N–H and O–H groups in total. The van der Waals surface area contributed by atoms with Crippen molar-refractivity contribution in [2.45, 2.75) is 18.4 Å². The molecule has 0 atom stereocenters. The van der Waals surface area contributed by atoms with E-state index in [1.807, 2.05) is 36.0 Å².